The van der Waals surface area contributed by atoms with Gasteiger partial charge in [0.2, 0.25) is 0 Å². The first-order valence-electron chi connectivity index (χ1n) is 4.82. The number of nitrogens with zero attached hydrogens (tertiary/aromatic N) is 1. The zero-order chi connectivity index (χ0) is 9.05. The molecule has 3 rings (SSSR count). The predicted octanol–water partition coefficient (Wildman–Crippen LogP) is 1.75. The normalized spacial score (nSPS) is 22.1. The average Bonchev–Trinajstić information content (AvgIpc) is 2.79. The highest BCUT2D eigenvalue weighted by Gasteiger charge is 2.50. The first kappa shape index (κ1) is 7.25. The maximum atomic E-state index is 5.81. The number of likely N-dealkylation sites (N-methyl/N-ethyl adjacent to an activating group) is 1. The van der Waals surface area contributed by atoms with Crippen molar-refractivity contribution in [3.05, 3.63) is 23.8 Å². The second-order valence-electron chi connectivity index (χ2n) is 4.41. The van der Waals surface area contributed by atoms with E-state index < -0.39 is 0 Å². The van der Waals surface area contributed by atoms with Crippen LogP contribution in [0.5, 0.6) is 0 Å². The highest BCUT2D eigenvalue weighted by molar-refractivity contribution is 5.68. The molecule has 1 aliphatic heterocycles. The van der Waals surface area contributed by atoms with Crippen molar-refractivity contribution in [2.75, 3.05) is 24.2 Å². The molecule has 0 amide bonds. The van der Waals surface area contributed by atoms with Crippen LogP contribution in [0.25, 0.3) is 0 Å². The molecule has 2 N–H and O–H groups in total. The average molecular weight is 174 g/mol. The third kappa shape index (κ3) is 0.831. The number of anilines is 2. The lowest BCUT2D eigenvalue weighted by Crippen LogP contribution is -2.18. The van der Waals surface area contributed by atoms with Crippen LogP contribution in [-0.2, 0) is 5.41 Å². The van der Waals surface area contributed by atoms with Crippen LogP contribution in [0.3, 0.4) is 0 Å². The Balaban J connectivity index is 2.20. The molecule has 1 aliphatic carbocycles. The summed E-state index contributed by atoms with van der Waals surface area (Å²) in [5, 5.41) is 0. The zero-order valence-corrected chi connectivity index (χ0v) is 7.88. The van der Waals surface area contributed by atoms with E-state index in [4.69, 9.17) is 5.73 Å². The van der Waals surface area contributed by atoms with Crippen molar-refractivity contribution < 1.29 is 0 Å². The molecular weight excluding hydrogens is 160 g/mol. The summed E-state index contributed by atoms with van der Waals surface area (Å²) in [5.74, 6) is 0. The van der Waals surface area contributed by atoms with Gasteiger partial charge in [0, 0.05) is 30.4 Å². The molecule has 2 nitrogen and oxygen atoms in total. The van der Waals surface area contributed by atoms with Gasteiger partial charge in [0.05, 0.1) is 0 Å². The summed E-state index contributed by atoms with van der Waals surface area (Å²) in [6, 6.07) is 6.31. The topological polar surface area (TPSA) is 29.3 Å². The van der Waals surface area contributed by atoms with E-state index in [1.165, 1.54) is 30.6 Å². The van der Waals surface area contributed by atoms with Crippen molar-refractivity contribution >= 4 is 11.4 Å². The van der Waals surface area contributed by atoms with Crippen LogP contribution in [0.1, 0.15) is 18.4 Å². The molecule has 1 fully saturated rings. The van der Waals surface area contributed by atoms with Crippen LogP contribution < -0.4 is 10.6 Å². The molecule has 2 heteroatoms. The van der Waals surface area contributed by atoms with Gasteiger partial charge in [-0.05, 0) is 36.6 Å². The highest BCUT2D eigenvalue weighted by Crippen LogP contribution is 2.56. The third-order valence-corrected chi connectivity index (χ3v) is 3.40. The fourth-order valence-corrected chi connectivity index (χ4v) is 2.51. The monoisotopic (exact) mass is 174 g/mol. The van der Waals surface area contributed by atoms with Crippen LogP contribution in [-0.4, -0.2) is 13.6 Å². The van der Waals surface area contributed by atoms with Gasteiger partial charge in [0.1, 0.15) is 0 Å². The van der Waals surface area contributed by atoms with E-state index in [0.717, 1.165) is 5.69 Å². The number of hydrogen-bond donors (Lipinski definition) is 1. The number of fused-ring (bicyclic) bond motifs is 2. The lowest BCUT2D eigenvalue weighted by atomic mass is 9.98. The van der Waals surface area contributed by atoms with E-state index in [2.05, 4.69) is 24.1 Å². The lowest BCUT2D eigenvalue weighted by Gasteiger charge is -2.11. The highest BCUT2D eigenvalue weighted by atomic mass is 15.1. The molecule has 1 aromatic rings. The molecule has 0 saturated heterocycles. The number of rotatable bonds is 0. The summed E-state index contributed by atoms with van der Waals surface area (Å²) in [7, 11) is 2.17. The summed E-state index contributed by atoms with van der Waals surface area (Å²) >= 11 is 0. The number of nitrogens with two attached hydrogens (primary N) is 1. The minimum atomic E-state index is 0.486. The van der Waals surface area contributed by atoms with E-state index >= 15 is 0 Å². The number of benzene rings is 1. The molecule has 0 atom stereocenters. The largest absolute Gasteiger partial charge is 0.399 e. The smallest absolute Gasteiger partial charge is 0.0404 e. The molecule has 68 valence electrons. The Morgan fingerprint density at radius 2 is 2.15 bits per heavy atom. The molecule has 0 aromatic heterocycles. The van der Waals surface area contributed by atoms with Gasteiger partial charge in [0.25, 0.3) is 0 Å². The first-order valence-corrected chi connectivity index (χ1v) is 4.82. The molecule has 0 unspecified atom stereocenters. The number of nitrogen functional groups attached to an aromatic ring is 1. The maximum Gasteiger partial charge on any atom is 0.0404 e. The summed E-state index contributed by atoms with van der Waals surface area (Å²) in [6.45, 7) is 1.19. The lowest BCUT2D eigenvalue weighted by molar-refractivity contribution is 0.731. The summed E-state index contributed by atoms with van der Waals surface area (Å²) < 4.78 is 0. The Kier molecular flexibility index (Phi) is 1.12. The maximum absolute atomic E-state index is 5.81. The van der Waals surface area contributed by atoms with Gasteiger partial charge in [0.15, 0.2) is 0 Å². The van der Waals surface area contributed by atoms with Crippen molar-refractivity contribution in [2.24, 2.45) is 0 Å². The third-order valence-electron chi connectivity index (χ3n) is 3.40. The molecule has 0 bridgehead atoms. The van der Waals surface area contributed by atoms with Gasteiger partial charge in [-0.25, -0.2) is 0 Å². The molecule has 1 heterocycles. The number of hydrogen-bond acceptors (Lipinski definition) is 2. The quantitative estimate of drug-likeness (QED) is 0.607. The Bertz CT molecular complexity index is 366. The molecule has 1 saturated carbocycles. The predicted molar refractivity (Wildman–Crippen MR) is 55.0 cm³/mol. The van der Waals surface area contributed by atoms with Crippen LogP contribution in [0, 0.1) is 0 Å². The van der Waals surface area contributed by atoms with Crippen LogP contribution in [0.2, 0.25) is 0 Å². The second-order valence-corrected chi connectivity index (χ2v) is 4.41. The van der Waals surface area contributed by atoms with Crippen molar-refractivity contribution in [1.29, 1.82) is 0 Å². The Morgan fingerprint density at radius 3 is 2.85 bits per heavy atom. The second kappa shape index (κ2) is 2.00. The summed E-state index contributed by atoms with van der Waals surface area (Å²) in [6.07, 6.45) is 2.68. The zero-order valence-electron chi connectivity index (χ0n) is 7.88. The van der Waals surface area contributed by atoms with E-state index in [1.807, 2.05) is 6.07 Å². The van der Waals surface area contributed by atoms with Crippen molar-refractivity contribution in [3.63, 3.8) is 0 Å². The standard InChI is InChI=1S/C11H14N2/c1-13-7-11(4-5-11)9-6-8(12)2-3-10(9)13/h2-3,6H,4-5,7,12H2,1H3. The fraction of sp³-hybridized carbons (Fsp3) is 0.455. The van der Waals surface area contributed by atoms with Gasteiger partial charge in [-0.2, -0.15) is 0 Å². The van der Waals surface area contributed by atoms with E-state index in [-0.39, 0.29) is 0 Å². The summed E-state index contributed by atoms with van der Waals surface area (Å²) in [5.41, 5.74) is 10.1. The molecule has 1 aromatic carbocycles. The first-order chi connectivity index (χ1) is 6.21. The van der Waals surface area contributed by atoms with Crippen molar-refractivity contribution in [2.45, 2.75) is 18.3 Å². The van der Waals surface area contributed by atoms with Crippen molar-refractivity contribution in [3.8, 4) is 0 Å². The minimum Gasteiger partial charge on any atom is -0.399 e. The molecular formula is C11H14N2. The van der Waals surface area contributed by atoms with Gasteiger partial charge in [-0.3, -0.25) is 0 Å². The SMILES string of the molecule is CN1CC2(CC2)c2cc(N)ccc21. The van der Waals surface area contributed by atoms with Crippen LogP contribution in [0.15, 0.2) is 18.2 Å². The van der Waals surface area contributed by atoms with E-state index in [9.17, 15) is 0 Å². The van der Waals surface area contributed by atoms with E-state index in [0.29, 0.717) is 5.41 Å². The Morgan fingerprint density at radius 1 is 1.38 bits per heavy atom. The summed E-state index contributed by atoms with van der Waals surface area (Å²) in [4.78, 5) is 2.35. The Hall–Kier alpha value is -1.18. The van der Waals surface area contributed by atoms with Gasteiger partial charge < -0.3 is 10.6 Å². The van der Waals surface area contributed by atoms with Crippen molar-refractivity contribution in [1.82, 2.24) is 0 Å². The fourth-order valence-electron chi connectivity index (χ4n) is 2.51. The Labute approximate surface area is 78.3 Å². The van der Waals surface area contributed by atoms with Gasteiger partial charge >= 0.3 is 0 Å². The minimum absolute atomic E-state index is 0.486. The van der Waals surface area contributed by atoms with Gasteiger partial charge in [-0.15, -0.1) is 0 Å². The van der Waals surface area contributed by atoms with E-state index in [1.54, 1.807) is 0 Å². The van der Waals surface area contributed by atoms with Gasteiger partial charge in [-0.1, -0.05) is 0 Å². The molecule has 2 aliphatic rings. The molecule has 13 heavy (non-hydrogen) atoms. The molecule has 1 spiro atoms. The molecule has 0 radical (unpaired) electrons. The van der Waals surface area contributed by atoms with Crippen LogP contribution in [0.4, 0.5) is 11.4 Å². The van der Waals surface area contributed by atoms with Crippen LogP contribution >= 0.6 is 0 Å².